The van der Waals surface area contributed by atoms with Crippen LogP contribution in [-0.4, -0.2) is 23.4 Å². The monoisotopic (exact) mass is 298 g/mol. The average molecular weight is 298 g/mol. The molecule has 2 aliphatic rings. The summed E-state index contributed by atoms with van der Waals surface area (Å²) < 4.78 is 0. The van der Waals surface area contributed by atoms with Crippen LogP contribution in [0.15, 0.2) is 41.1 Å². The predicted molar refractivity (Wildman–Crippen MR) is 85.6 cm³/mol. The van der Waals surface area contributed by atoms with Crippen LogP contribution in [0.2, 0.25) is 0 Å². The Morgan fingerprint density at radius 3 is 2.90 bits per heavy atom. The van der Waals surface area contributed by atoms with Crippen molar-refractivity contribution in [3.05, 3.63) is 52.2 Å². The number of para-hydroxylation sites is 1. The van der Waals surface area contributed by atoms with Gasteiger partial charge in [0.1, 0.15) is 0 Å². The standard InChI is InChI=1S/C17H18N2OS/c20-17(15-9-18-16-4-2-1-3-14(15)16)19(13-5-6-13)10-12-7-8-21-11-12/h1-4,7-8,11,13,15,18H,5-6,9-10H2. The minimum absolute atomic E-state index is 0.0274. The number of fused-ring (bicyclic) bond motifs is 1. The smallest absolute Gasteiger partial charge is 0.232 e. The van der Waals surface area contributed by atoms with Crippen LogP contribution in [0, 0.1) is 0 Å². The van der Waals surface area contributed by atoms with Gasteiger partial charge in [-0.3, -0.25) is 4.79 Å². The van der Waals surface area contributed by atoms with E-state index in [1.165, 1.54) is 5.56 Å². The summed E-state index contributed by atoms with van der Waals surface area (Å²) in [5.74, 6) is 0.251. The summed E-state index contributed by atoms with van der Waals surface area (Å²) in [5, 5.41) is 7.58. The van der Waals surface area contributed by atoms with Gasteiger partial charge in [-0.15, -0.1) is 0 Å². The summed E-state index contributed by atoms with van der Waals surface area (Å²) in [6, 6.07) is 10.7. The van der Waals surface area contributed by atoms with Crippen LogP contribution in [0.25, 0.3) is 0 Å². The largest absolute Gasteiger partial charge is 0.384 e. The second kappa shape index (κ2) is 5.19. The SMILES string of the molecule is O=C(C1CNc2ccccc21)N(Cc1ccsc1)C1CC1. The van der Waals surface area contributed by atoms with E-state index < -0.39 is 0 Å². The number of carbonyl (C=O) groups is 1. The zero-order chi connectivity index (χ0) is 14.2. The molecule has 2 heterocycles. The van der Waals surface area contributed by atoms with Crippen molar-refractivity contribution in [1.82, 2.24) is 4.90 Å². The fraction of sp³-hybridized carbons (Fsp3) is 0.353. The highest BCUT2D eigenvalue weighted by Crippen LogP contribution is 2.36. The van der Waals surface area contributed by atoms with Crippen LogP contribution in [0.1, 0.15) is 29.9 Å². The lowest BCUT2D eigenvalue weighted by Gasteiger charge is -2.25. The van der Waals surface area contributed by atoms with E-state index in [2.05, 4.69) is 39.2 Å². The van der Waals surface area contributed by atoms with Crippen LogP contribution in [0.3, 0.4) is 0 Å². The van der Waals surface area contributed by atoms with Gasteiger partial charge < -0.3 is 10.2 Å². The fourth-order valence-corrected chi connectivity index (χ4v) is 3.72. The molecule has 0 radical (unpaired) electrons. The van der Waals surface area contributed by atoms with E-state index >= 15 is 0 Å². The Morgan fingerprint density at radius 1 is 1.29 bits per heavy atom. The molecule has 1 N–H and O–H groups in total. The van der Waals surface area contributed by atoms with Crippen molar-refractivity contribution in [2.24, 2.45) is 0 Å². The molecular weight excluding hydrogens is 280 g/mol. The van der Waals surface area contributed by atoms with Gasteiger partial charge in [-0.1, -0.05) is 18.2 Å². The number of hydrogen-bond donors (Lipinski definition) is 1. The third-order valence-electron chi connectivity index (χ3n) is 4.33. The van der Waals surface area contributed by atoms with E-state index in [0.717, 1.165) is 37.2 Å². The molecule has 1 unspecified atom stereocenters. The lowest BCUT2D eigenvalue weighted by atomic mass is 9.99. The molecule has 2 aromatic rings. The number of hydrogen-bond acceptors (Lipinski definition) is 3. The number of amides is 1. The van der Waals surface area contributed by atoms with Crippen molar-refractivity contribution in [1.29, 1.82) is 0 Å². The number of rotatable bonds is 4. The molecule has 0 spiro atoms. The third kappa shape index (κ3) is 2.44. The van der Waals surface area contributed by atoms with E-state index in [1.807, 2.05) is 12.1 Å². The number of nitrogens with one attached hydrogen (secondary N) is 1. The first-order chi connectivity index (χ1) is 10.3. The Kier molecular flexibility index (Phi) is 3.19. The Labute approximate surface area is 128 Å². The number of thiophene rings is 1. The van der Waals surface area contributed by atoms with Gasteiger partial charge in [0.25, 0.3) is 0 Å². The zero-order valence-corrected chi connectivity index (χ0v) is 12.6. The van der Waals surface area contributed by atoms with Crippen LogP contribution in [0.4, 0.5) is 5.69 Å². The van der Waals surface area contributed by atoms with Gasteiger partial charge in [-0.25, -0.2) is 0 Å². The lowest BCUT2D eigenvalue weighted by molar-refractivity contribution is -0.133. The van der Waals surface area contributed by atoms with Gasteiger partial charge in [0.15, 0.2) is 0 Å². The predicted octanol–water partition coefficient (Wildman–Crippen LogP) is 3.45. The van der Waals surface area contributed by atoms with Crippen molar-refractivity contribution in [2.45, 2.75) is 31.3 Å². The molecule has 1 aliphatic heterocycles. The average Bonchev–Trinajstić information content (AvgIpc) is 3.05. The van der Waals surface area contributed by atoms with E-state index in [1.54, 1.807) is 11.3 Å². The Bertz CT molecular complexity index is 649. The molecule has 1 fully saturated rings. The molecule has 1 amide bonds. The van der Waals surface area contributed by atoms with Crippen LogP contribution >= 0.6 is 11.3 Å². The van der Waals surface area contributed by atoms with Gasteiger partial charge in [0.05, 0.1) is 5.92 Å². The summed E-state index contributed by atoms with van der Waals surface area (Å²) in [6.07, 6.45) is 2.30. The third-order valence-corrected chi connectivity index (χ3v) is 5.07. The van der Waals surface area contributed by atoms with E-state index in [-0.39, 0.29) is 11.8 Å². The molecule has 1 aliphatic carbocycles. The Balaban J connectivity index is 1.57. The molecule has 3 nitrogen and oxygen atoms in total. The number of nitrogens with zero attached hydrogens (tertiary/aromatic N) is 1. The normalized spacial score (nSPS) is 19.9. The molecule has 1 saturated carbocycles. The minimum atomic E-state index is -0.0274. The molecular formula is C17H18N2OS. The van der Waals surface area contributed by atoms with Crippen molar-refractivity contribution >= 4 is 22.9 Å². The molecule has 4 rings (SSSR count). The van der Waals surface area contributed by atoms with Crippen molar-refractivity contribution in [3.63, 3.8) is 0 Å². The topological polar surface area (TPSA) is 32.3 Å². The van der Waals surface area contributed by atoms with E-state index in [9.17, 15) is 4.79 Å². The molecule has 108 valence electrons. The highest BCUT2D eigenvalue weighted by molar-refractivity contribution is 7.07. The molecule has 21 heavy (non-hydrogen) atoms. The van der Waals surface area contributed by atoms with Crippen LogP contribution in [0.5, 0.6) is 0 Å². The highest BCUT2D eigenvalue weighted by Gasteiger charge is 2.38. The first-order valence-corrected chi connectivity index (χ1v) is 8.41. The van der Waals surface area contributed by atoms with Gasteiger partial charge in [-0.05, 0) is 46.9 Å². The van der Waals surface area contributed by atoms with Gasteiger partial charge >= 0.3 is 0 Å². The summed E-state index contributed by atoms with van der Waals surface area (Å²) in [4.78, 5) is 15.1. The maximum Gasteiger partial charge on any atom is 0.232 e. The second-order valence-corrected chi connectivity index (χ2v) is 6.63. The van der Waals surface area contributed by atoms with Crippen molar-refractivity contribution in [3.8, 4) is 0 Å². The number of carbonyl (C=O) groups excluding carboxylic acids is 1. The second-order valence-electron chi connectivity index (χ2n) is 5.85. The first kappa shape index (κ1) is 12.9. The van der Waals surface area contributed by atoms with Gasteiger partial charge in [0.2, 0.25) is 5.91 Å². The zero-order valence-electron chi connectivity index (χ0n) is 11.8. The molecule has 0 saturated heterocycles. The quantitative estimate of drug-likeness (QED) is 0.937. The Morgan fingerprint density at radius 2 is 2.14 bits per heavy atom. The molecule has 1 atom stereocenters. The first-order valence-electron chi connectivity index (χ1n) is 7.47. The Hall–Kier alpha value is -1.81. The summed E-state index contributed by atoms with van der Waals surface area (Å²) in [7, 11) is 0. The van der Waals surface area contributed by atoms with E-state index in [0.29, 0.717) is 6.04 Å². The summed E-state index contributed by atoms with van der Waals surface area (Å²) in [6.45, 7) is 1.48. The summed E-state index contributed by atoms with van der Waals surface area (Å²) in [5.41, 5.74) is 3.51. The maximum atomic E-state index is 13.0. The number of benzene rings is 1. The lowest BCUT2D eigenvalue weighted by Crippen LogP contribution is -2.37. The highest BCUT2D eigenvalue weighted by atomic mass is 32.1. The molecule has 0 bridgehead atoms. The van der Waals surface area contributed by atoms with Gasteiger partial charge in [0, 0.05) is 24.8 Å². The van der Waals surface area contributed by atoms with Crippen LogP contribution < -0.4 is 5.32 Å². The van der Waals surface area contributed by atoms with Gasteiger partial charge in [-0.2, -0.15) is 11.3 Å². The maximum absolute atomic E-state index is 13.0. The molecule has 1 aromatic heterocycles. The minimum Gasteiger partial charge on any atom is -0.384 e. The van der Waals surface area contributed by atoms with Crippen molar-refractivity contribution < 1.29 is 4.79 Å². The fourth-order valence-electron chi connectivity index (χ4n) is 3.06. The van der Waals surface area contributed by atoms with E-state index in [4.69, 9.17) is 0 Å². The van der Waals surface area contributed by atoms with Crippen molar-refractivity contribution in [2.75, 3.05) is 11.9 Å². The summed E-state index contributed by atoms with van der Waals surface area (Å²) >= 11 is 1.70. The van der Waals surface area contributed by atoms with Crippen LogP contribution in [-0.2, 0) is 11.3 Å². The number of anilines is 1. The molecule has 4 heteroatoms. The molecule has 1 aromatic carbocycles.